The van der Waals surface area contributed by atoms with Gasteiger partial charge < -0.3 is 5.73 Å². The van der Waals surface area contributed by atoms with Crippen LogP contribution in [0.4, 0.5) is 10.1 Å². The van der Waals surface area contributed by atoms with Crippen LogP contribution in [0.5, 0.6) is 0 Å². The number of benzene rings is 1. The van der Waals surface area contributed by atoms with Gasteiger partial charge in [-0.2, -0.15) is 0 Å². The summed E-state index contributed by atoms with van der Waals surface area (Å²) in [5, 5.41) is 0. The Labute approximate surface area is 134 Å². The molecular formula is C14H22BrFN2O2S. The fourth-order valence-corrected chi connectivity index (χ4v) is 4.45. The third-order valence-electron chi connectivity index (χ3n) is 3.21. The summed E-state index contributed by atoms with van der Waals surface area (Å²) >= 11 is 3.08. The maximum absolute atomic E-state index is 13.3. The predicted molar refractivity (Wildman–Crippen MR) is 87.1 cm³/mol. The van der Waals surface area contributed by atoms with Crippen LogP contribution in [0.1, 0.15) is 46.0 Å². The second-order valence-corrected chi connectivity index (χ2v) is 7.59. The highest BCUT2D eigenvalue weighted by atomic mass is 79.9. The molecule has 4 nitrogen and oxygen atoms in total. The molecule has 7 heteroatoms. The molecule has 0 saturated heterocycles. The Morgan fingerprint density at radius 3 is 2.52 bits per heavy atom. The van der Waals surface area contributed by atoms with Gasteiger partial charge in [-0.1, -0.05) is 33.1 Å². The number of anilines is 1. The summed E-state index contributed by atoms with van der Waals surface area (Å²) in [6.07, 6.45) is 4.42. The van der Waals surface area contributed by atoms with E-state index in [-0.39, 0.29) is 21.1 Å². The van der Waals surface area contributed by atoms with Crippen molar-refractivity contribution in [2.24, 2.45) is 0 Å². The molecule has 1 rings (SSSR count). The molecule has 0 bridgehead atoms. The van der Waals surface area contributed by atoms with Gasteiger partial charge in [0.2, 0.25) is 10.0 Å². The number of nitrogens with two attached hydrogens (primary N) is 1. The number of hydrogen-bond donors (Lipinski definition) is 2. The number of rotatable bonds is 8. The van der Waals surface area contributed by atoms with Crippen LogP contribution in [0.2, 0.25) is 0 Å². The topological polar surface area (TPSA) is 72.2 Å². The van der Waals surface area contributed by atoms with E-state index in [0.717, 1.165) is 44.2 Å². The van der Waals surface area contributed by atoms with Gasteiger partial charge in [0.1, 0.15) is 5.82 Å². The maximum atomic E-state index is 13.3. The smallest absolute Gasteiger partial charge is 0.242 e. The summed E-state index contributed by atoms with van der Waals surface area (Å²) in [6.45, 7) is 4.08. The highest BCUT2D eigenvalue weighted by molar-refractivity contribution is 9.10. The van der Waals surface area contributed by atoms with Gasteiger partial charge in [-0.3, -0.25) is 0 Å². The average molecular weight is 381 g/mol. The molecule has 0 saturated carbocycles. The highest BCUT2D eigenvalue weighted by Gasteiger charge is 2.23. The number of sulfonamides is 1. The molecule has 120 valence electrons. The summed E-state index contributed by atoms with van der Waals surface area (Å²) in [5.74, 6) is -0.642. The molecule has 0 radical (unpaired) electrons. The van der Waals surface area contributed by atoms with Crippen LogP contribution in [0.3, 0.4) is 0 Å². The SMILES string of the molecule is CCCCC(CCC)NS(=O)(=O)c1cc(N)c(F)cc1Br. The van der Waals surface area contributed by atoms with Crippen molar-refractivity contribution in [3.05, 3.63) is 22.4 Å². The molecule has 1 unspecified atom stereocenters. The molecule has 0 amide bonds. The van der Waals surface area contributed by atoms with E-state index in [1.165, 1.54) is 0 Å². The lowest BCUT2D eigenvalue weighted by Crippen LogP contribution is -2.35. The molecule has 0 spiro atoms. The van der Waals surface area contributed by atoms with Crippen LogP contribution < -0.4 is 10.5 Å². The zero-order chi connectivity index (χ0) is 16.0. The Bertz CT molecular complexity index is 579. The first-order valence-electron chi connectivity index (χ1n) is 7.08. The first-order chi connectivity index (χ1) is 9.81. The minimum Gasteiger partial charge on any atom is -0.396 e. The van der Waals surface area contributed by atoms with Crippen LogP contribution in [0, 0.1) is 5.82 Å². The molecule has 0 aliphatic carbocycles. The van der Waals surface area contributed by atoms with Gasteiger partial charge >= 0.3 is 0 Å². The minimum absolute atomic E-state index is 0.0287. The molecule has 3 N–H and O–H groups in total. The van der Waals surface area contributed by atoms with Crippen LogP contribution in [-0.2, 0) is 10.0 Å². The Kier molecular flexibility index (Phi) is 7.09. The van der Waals surface area contributed by atoms with Crippen LogP contribution in [0.15, 0.2) is 21.5 Å². The predicted octanol–water partition coefficient (Wildman–Crippen LogP) is 3.81. The monoisotopic (exact) mass is 380 g/mol. The first kappa shape index (κ1) is 18.4. The molecule has 21 heavy (non-hydrogen) atoms. The lowest BCUT2D eigenvalue weighted by atomic mass is 10.1. The first-order valence-corrected chi connectivity index (χ1v) is 9.36. The standard InChI is InChI=1S/C14H22BrFN2O2S/c1-3-5-7-10(6-4-2)18-21(19,20)14-9-13(17)12(16)8-11(14)15/h8-10,18H,3-7,17H2,1-2H3. The normalized spacial score (nSPS) is 13.3. The quantitative estimate of drug-likeness (QED) is 0.673. The van der Waals surface area contributed by atoms with Gasteiger partial charge in [0.25, 0.3) is 0 Å². The second-order valence-electron chi connectivity index (χ2n) is 5.05. The van der Waals surface area contributed by atoms with Crippen LogP contribution in [0.25, 0.3) is 0 Å². The zero-order valence-electron chi connectivity index (χ0n) is 12.3. The number of nitrogens with one attached hydrogen (secondary N) is 1. The third kappa shape index (κ3) is 5.23. The van der Waals surface area contributed by atoms with Gasteiger partial charge in [-0.15, -0.1) is 0 Å². The summed E-state index contributed by atoms with van der Waals surface area (Å²) < 4.78 is 41.1. The average Bonchev–Trinajstić information content (AvgIpc) is 2.40. The van der Waals surface area contributed by atoms with Crippen molar-refractivity contribution in [3.8, 4) is 0 Å². The molecule has 1 atom stereocenters. The van der Waals surface area contributed by atoms with Crippen molar-refractivity contribution in [3.63, 3.8) is 0 Å². The van der Waals surface area contributed by atoms with Gasteiger partial charge in [0.05, 0.1) is 10.6 Å². The number of nitrogen functional groups attached to an aromatic ring is 1. The largest absolute Gasteiger partial charge is 0.396 e. The van der Waals surface area contributed by atoms with Crippen molar-refractivity contribution in [2.75, 3.05) is 5.73 Å². The van der Waals surface area contributed by atoms with E-state index in [2.05, 4.69) is 27.6 Å². The van der Waals surface area contributed by atoms with Crippen molar-refractivity contribution in [1.29, 1.82) is 0 Å². The summed E-state index contributed by atoms with van der Waals surface area (Å²) in [5.41, 5.74) is 5.29. The van der Waals surface area contributed by atoms with Crippen LogP contribution in [-0.4, -0.2) is 14.5 Å². The van der Waals surface area contributed by atoms with E-state index in [1.807, 2.05) is 6.92 Å². The van der Waals surface area contributed by atoms with Crippen molar-refractivity contribution >= 4 is 31.6 Å². The molecule has 0 aliphatic heterocycles. The van der Waals surface area contributed by atoms with Crippen LogP contribution >= 0.6 is 15.9 Å². The molecule has 0 fully saturated rings. The Morgan fingerprint density at radius 2 is 1.95 bits per heavy atom. The van der Waals surface area contributed by atoms with E-state index < -0.39 is 15.8 Å². The zero-order valence-corrected chi connectivity index (χ0v) is 14.7. The fraction of sp³-hybridized carbons (Fsp3) is 0.571. The van der Waals surface area contributed by atoms with E-state index in [0.29, 0.717) is 0 Å². The fourth-order valence-electron chi connectivity index (χ4n) is 2.09. The number of hydrogen-bond acceptors (Lipinski definition) is 3. The molecule has 0 aromatic heterocycles. The number of unbranched alkanes of at least 4 members (excludes halogenated alkanes) is 1. The van der Waals surface area contributed by atoms with E-state index >= 15 is 0 Å². The summed E-state index contributed by atoms with van der Waals surface area (Å²) in [4.78, 5) is -0.0287. The van der Waals surface area contributed by atoms with Crippen molar-refractivity contribution in [1.82, 2.24) is 4.72 Å². The molecule has 0 heterocycles. The van der Waals surface area contributed by atoms with E-state index in [1.54, 1.807) is 0 Å². The maximum Gasteiger partial charge on any atom is 0.242 e. The molecule has 1 aromatic carbocycles. The van der Waals surface area contributed by atoms with Gasteiger partial charge in [0.15, 0.2) is 0 Å². The van der Waals surface area contributed by atoms with E-state index in [4.69, 9.17) is 5.73 Å². The van der Waals surface area contributed by atoms with Gasteiger partial charge in [-0.05, 0) is 40.9 Å². The summed E-state index contributed by atoms with van der Waals surface area (Å²) in [6, 6.07) is 2.10. The molecular weight excluding hydrogens is 359 g/mol. The number of halogens is 2. The Hall–Kier alpha value is -0.660. The lowest BCUT2D eigenvalue weighted by molar-refractivity contribution is 0.483. The minimum atomic E-state index is -3.73. The van der Waals surface area contributed by atoms with Crippen molar-refractivity contribution < 1.29 is 12.8 Å². The molecule has 1 aromatic rings. The van der Waals surface area contributed by atoms with E-state index in [9.17, 15) is 12.8 Å². The van der Waals surface area contributed by atoms with Gasteiger partial charge in [-0.25, -0.2) is 17.5 Å². The van der Waals surface area contributed by atoms with Gasteiger partial charge in [0, 0.05) is 10.5 Å². The second kappa shape index (κ2) is 8.10. The Morgan fingerprint density at radius 1 is 1.29 bits per heavy atom. The van der Waals surface area contributed by atoms with Crippen molar-refractivity contribution in [2.45, 2.75) is 56.9 Å². The summed E-state index contributed by atoms with van der Waals surface area (Å²) in [7, 11) is -3.73. The highest BCUT2D eigenvalue weighted by Crippen LogP contribution is 2.27. The lowest BCUT2D eigenvalue weighted by Gasteiger charge is -2.18. The Balaban J connectivity index is 3.01. The molecule has 0 aliphatic rings. The third-order valence-corrected chi connectivity index (χ3v) is 5.68.